The molecule has 0 bridgehead atoms. The van der Waals surface area contributed by atoms with Crippen LogP contribution in [0.4, 0.5) is 0 Å². The molecule has 4 aromatic rings. The van der Waals surface area contributed by atoms with Gasteiger partial charge in [0.25, 0.3) is 5.91 Å². The van der Waals surface area contributed by atoms with Gasteiger partial charge in [-0.1, -0.05) is 29.8 Å². The van der Waals surface area contributed by atoms with Gasteiger partial charge < -0.3 is 10.2 Å². The molecule has 0 atom stereocenters. The number of halogens is 1. The van der Waals surface area contributed by atoms with Crippen molar-refractivity contribution in [2.45, 2.75) is 32.7 Å². The van der Waals surface area contributed by atoms with Crippen LogP contribution in [0, 0.1) is 13.8 Å². The number of likely N-dealkylation sites (tertiary alicyclic amines) is 1. The highest BCUT2D eigenvalue weighted by atomic mass is 35.5. The highest BCUT2D eigenvalue weighted by Gasteiger charge is 2.23. The maximum Gasteiger partial charge on any atom is 0.270 e. The first-order valence-electron chi connectivity index (χ1n) is 12.0. The van der Waals surface area contributed by atoms with E-state index in [1.807, 2.05) is 54.9 Å². The van der Waals surface area contributed by atoms with Crippen molar-refractivity contribution in [3.63, 3.8) is 0 Å². The number of aryl methyl sites for hydroxylation is 2. The molecule has 2 aromatic heterocycles. The Kier molecular flexibility index (Phi) is 6.54. The number of rotatable bonds is 4. The number of benzene rings is 2. The number of nitrogens with one attached hydrogen (secondary N) is 1. The summed E-state index contributed by atoms with van der Waals surface area (Å²) in [6, 6.07) is 16.0. The lowest BCUT2D eigenvalue weighted by molar-refractivity contribution is 0.0912. The first-order valence-corrected chi connectivity index (χ1v) is 12.4. The number of carbonyl (C=O) groups excluding carboxylic acids is 1. The molecular weight excluding hydrogens is 456 g/mol. The van der Waals surface area contributed by atoms with Gasteiger partial charge in [-0.05, 0) is 105 Å². The summed E-state index contributed by atoms with van der Waals surface area (Å²) in [5.74, 6) is -0.136. The smallest absolute Gasteiger partial charge is 0.270 e. The van der Waals surface area contributed by atoms with Crippen molar-refractivity contribution in [1.82, 2.24) is 20.2 Å². The highest BCUT2D eigenvalue weighted by Crippen LogP contribution is 2.40. The van der Waals surface area contributed by atoms with Gasteiger partial charge in [0.2, 0.25) is 0 Å². The van der Waals surface area contributed by atoms with E-state index in [-0.39, 0.29) is 11.9 Å². The SMILES string of the molecule is Cc1cc2nc(C(=O)NC3CCN(C)CC3)cc(-c3ccccc3Cl)c2c(C)c1-c1ccncc1. The summed E-state index contributed by atoms with van der Waals surface area (Å²) in [5.41, 5.74) is 7.49. The van der Waals surface area contributed by atoms with Gasteiger partial charge in [0.05, 0.1) is 5.52 Å². The lowest BCUT2D eigenvalue weighted by Gasteiger charge is -2.29. The third kappa shape index (κ3) is 4.66. The highest BCUT2D eigenvalue weighted by molar-refractivity contribution is 6.33. The molecule has 178 valence electrons. The van der Waals surface area contributed by atoms with Crippen molar-refractivity contribution in [2.75, 3.05) is 20.1 Å². The largest absolute Gasteiger partial charge is 0.348 e. The Hall–Kier alpha value is -3.28. The van der Waals surface area contributed by atoms with Crippen LogP contribution in [-0.4, -0.2) is 47.0 Å². The number of fused-ring (bicyclic) bond motifs is 1. The first kappa shape index (κ1) is 23.5. The molecule has 1 fully saturated rings. The van der Waals surface area contributed by atoms with E-state index in [2.05, 4.69) is 42.2 Å². The van der Waals surface area contributed by atoms with Gasteiger partial charge >= 0.3 is 0 Å². The number of hydrogen-bond acceptors (Lipinski definition) is 4. The van der Waals surface area contributed by atoms with E-state index < -0.39 is 0 Å². The fourth-order valence-corrected chi connectivity index (χ4v) is 5.38. The Morgan fingerprint density at radius 3 is 2.46 bits per heavy atom. The van der Waals surface area contributed by atoms with E-state index in [0.717, 1.165) is 70.2 Å². The molecule has 2 aromatic carbocycles. The summed E-state index contributed by atoms with van der Waals surface area (Å²) in [5, 5.41) is 4.86. The second-order valence-corrected chi connectivity index (χ2v) is 9.82. The molecule has 3 heterocycles. The molecule has 0 radical (unpaired) electrons. The number of aromatic nitrogens is 2. The minimum atomic E-state index is -0.136. The molecule has 0 saturated carbocycles. The Morgan fingerprint density at radius 2 is 1.74 bits per heavy atom. The fraction of sp³-hybridized carbons (Fsp3) is 0.276. The van der Waals surface area contributed by atoms with Crippen LogP contribution in [0.25, 0.3) is 33.2 Å². The predicted octanol–water partition coefficient (Wildman–Crippen LogP) is 6.06. The summed E-state index contributed by atoms with van der Waals surface area (Å²) < 4.78 is 0. The lowest BCUT2D eigenvalue weighted by atomic mass is 9.89. The zero-order valence-corrected chi connectivity index (χ0v) is 21.1. The van der Waals surface area contributed by atoms with Crippen LogP contribution in [0.3, 0.4) is 0 Å². The van der Waals surface area contributed by atoms with E-state index >= 15 is 0 Å². The topological polar surface area (TPSA) is 58.1 Å². The maximum atomic E-state index is 13.3. The number of piperidine rings is 1. The second kappa shape index (κ2) is 9.76. The van der Waals surface area contributed by atoms with Crippen LogP contribution in [-0.2, 0) is 0 Å². The normalized spacial score (nSPS) is 14.9. The van der Waals surface area contributed by atoms with Gasteiger partial charge in [0, 0.05) is 34.4 Å². The standard InChI is InChI=1S/C29H29ClN4O/c1-18-16-25-28(19(2)27(18)20-8-12-31-13-9-20)23(22-6-4-5-7-24(22)30)17-26(33-25)29(35)32-21-10-14-34(3)15-11-21/h4-9,12-13,16-17,21H,10-11,14-15H2,1-3H3,(H,32,35). The molecule has 1 saturated heterocycles. The van der Waals surface area contributed by atoms with E-state index in [4.69, 9.17) is 16.6 Å². The summed E-state index contributed by atoms with van der Waals surface area (Å²) in [6.07, 6.45) is 5.51. The van der Waals surface area contributed by atoms with Crippen molar-refractivity contribution < 1.29 is 4.79 Å². The minimum absolute atomic E-state index is 0.136. The van der Waals surface area contributed by atoms with Crippen LogP contribution in [0.15, 0.2) is 60.9 Å². The Morgan fingerprint density at radius 1 is 1.03 bits per heavy atom. The average Bonchev–Trinajstić information content (AvgIpc) is 2.85. The predicted molar refractivity (Wildman–Crippen MR) is 143 cm³/mol. The van der Waals surface area contributed by atoms with Gasteiger partial charge in [-0.25, -0.2) is 4.98 Å². The number of carbonyl (C=O) groups is 1. The van der Waals surface area contributed by atoms with Gasteiger partial charge in [-0.3, -0.25) is 9.78 Å². The van der Waals surface area contributed by atoms with Gasteiger partial charge in [0.15, 0.2) is 0 Å². The number of hydrogen-bond donors (Lipinski definition) is 1. The fourth-order valence-electron chi connectivity index (χ4n) is 5.14. The van der Waals surface area contributed by atoms with E-state index in [0.29, 0.717) is 10.7 Å². The van der Waals surface area contributed by atoms with Crippen LogP contribution in [0.1, 0.15) is 34.5 Å². The molecule has 1 amide bonds. The van der Waals surface area contributed by atoms with Gasteiger partial charge in [-0.2, -0.15) is 0 Å². The third-order valence-corrected chi connectivity index (χ3v) is 7.29. The van der Waals surface area contributed by atoms with Crippen LogP contribution >= 0.6 is 11.6 Å². The molecule has 35 heavy (non-hydrogen) atoms. The second-order valence-electron chi connectivity index (χ2n) is 9.41. The molecule has 1 aliphatic heterocycles. The molecule has 6 heteroatoms. The monoisotopic (exact) mass is 484 g/mol. The van der Waals surface area contributed by atoms with Crippen molar-refractivity contribution in [3.05, 3.63) is 82.8 Å². The van der Waals surface area contributed by atoms with Crippen molar-refractivity contribution >= 4 is 28.4 Å². The van der Waals surface area contributed by atoms with Crippen molar-refractivity contribution in [3.8, 4) is 22.3 Å². The molecule has 5 nitrogen and oxygen atoms in total. The number of nitrogens with zero attached hydrogens (tertiary/aromatic N) is 3. The first-order chi connectivity index (χ1) is 16.9. The molecule has 0 spiro atoms. The third-order valence-electron chi connectivity index (χ3n) is 6.96. The average molecular weight is 485 g/mol. The lowest BCUT2D eigenvalue weighted by Crippen LogP contribution is -2.43. The Bertz CT molecular complexity index is 1400. The zero-order chi connectivity index (χ0) is 24.5. The summed E-state index contributed by atoms with van der Waals surface area (Å²) >= 11 is 6.67. The van der Waals surface area contributed by atoms with Crippen molar-refractivity contribution in [2.24, 2.45) is 0 Å². The summed E-state index contributed by atoms with van der Waals surface area (Å²) in [4.78, 5) is 24.7. The summed E-state index contributed by atoms with van der Waals surface area (Å²) in [6.45, 7) is 6.17. The van der Waals surface area contributed by atoms with Gasteiger partial charge in [0.1, 0.15) is 5.69 Å². The van der Waals surface area contributed by atoms with Crippen LogP contribution < -0.4 is 5.32 Å². The van der Waals surface area contributed by atoms with Crippen LogP contribution in [0.5, 0.6) is 0 Å². The van der Waals surface area contributed by atoms with Crippen LogP contribution in [0.2, 0.25) is 5.02 Å². The van der Waals surface area contributed by atoms with Crippen molar-refractivity contribution in [1.29, 1.82) is 0 Å². The summed E-state index contributed by atoms with van der Waals surface area (Å²) in [7, 11) is 2.11. The Balaban J connectivity index is 1.68. The molecule has 5 rings (SSSR count). The van der Waals surface area contributed by atoms with E-state index in [9.17, 15) is 4.79 Å². The molecule has 1 N–H and O–H groups in total. The number of amides is 1. The zero-order valence-electron chi connectivity index (χ0n) is 20.3. The number of pyridine rings is 2. The molecule has 1 aliphatic rings. The van der Waals surface area contributed by atoms with E-state index in [1.165, 1.54) is 0 Å². The molecule has 0 aliphatic carbocycles. The quantitative estimate of drug-likeness (QED) is 0.382. The molecule has 0 unspecified atom stereocenters. The minimum Gasteiger partial charge on any atom is -0.348 e. The molecular formula is C29H29ClN4O. The van der Waals surface area contributed by atoms with Gasteiger partial charge in [-0.15, -0.1) is 0 Å². The van der Waals surface area contributed by atoms with E-state index in [1.54, 1.807) is 0 Å². The Labute approximate surface area is 211 Å². The maximum absolute atomic E-state index is 13.3.